The molecule has 0 atom stereocenters. The van der Waals surface area contributed by atoms with Crippen LogP contribution < -0.4 is 0 Å². The van der Waals surface area contributed by atoms with Crippen LogP contribution in [0.3, 0.4) is 0 Å². The van der Waals surface area contributed by atoms with Crippen molar-refractivity contribution in [2.45, 2.75) is 0 Å². The third-order valence-electron chi connectivity index (χ3n) is 12.1. The quantitative estimate of drug-likeness (QED) is 0.167. The molecule has 2 aliphatic carbocycles. The van der Waals surface area contributed by atoms with Crippen LogP contribution in [0.1, 0.15) is 11.1 Å². The summed E-state index contributed by atoms with van der Waals surface area (Å²) in [4.78, 5) is 0. The van der Waals surface area contributed by atoms with Crippen molar-refractivity contribution in [2.24, 2.45) is 0 Å². The van der Waals surface area contributed by atoms with Gasteiger partial charge in [-0.3, -0.25) is 0 Å². The molecule has 56 heavy (non-hydrogen) atoms. The van der Waals surface area contributed by atoms with Crippen molar-refractivity contribution in [1.82, 2.24) is 0 Å². The first kappa shape index (κ1) is 30.8. The molecule has 0 saturated heterocycles. The molecule has 2 nitrogen and oxygen atoms in total. The zero-order valence-corrected chi connectivity index (χ0v) is 29.5. The van der Waals surface area contributed by atoms with Gasteiger partial charge in [0.1, 0.15) is 11.6 Å². The van der Waals surface area contributed by atoms with Gasteiger partial charge >= 0.3 is 0 Å². The smallest absolute Gasteiger partial charge is 0.132 e. The SMILES string of the molecule is N#Cc1ccc(-c2c3c(cc4c2ccc2c5cc6c(c(-c7ccc(C#N)cc7F)c5ccc42)-c2cccc4cccc-6c24)-c2cccc4cccc-3c24)c(F)c1. The average molecular weight is 715 g/mol. The minimum absolute atomic E-state index is 0.269. The van der Waals surface area contributed by atoms with Crippen molar-refractivity contribution in [1.29, 1.82) is 10.5 Å². The highest BCUT2D eigenvalue weighted by Crippen LogP contribution is 2.57. The number of benzene rings is 10. The van der Waals surface area contributed by atoms with Gasteiger partial charge < -0.3 is 0 Å². The van der Waals surface area contributed by atoms with Gasteiger partial charge in [0.05, 0.1) is 23.3 Å². The lowest BCUT2D eigenvalue weighted by molar-refractivity contribution is 0.630. The molecule has 0 unspecified atom stereocenters. The second-order valence-electron chi connectivity index (χ2n) is 14.8. The number of nitriles is 2. The fraction of sp³-hybridized carbons (Fsp3) is 0. The van der Waals surface area contributed by atoms with Gasteiger partial charge in [-0.25, -0.2) is 8.78 Å². The number of rotatable bonds is 2. The molecular weight excluding hydrogens is 691 g/mol. The topological polar surface area (TPSA) is 47.6 Å². The van der Waals surface area contributed by atoms with Crippen LogP contribution in [0.25, 0.3) is 121 Å². The predicted octanol–water partition coefficient (Wildman–Crippen LogP) is 14.1. The third-order valence-corrected chi connectivity index (χ3v) is 12.1. The van der Waals surface area contributed by atoms with Crippen LogP contribution in [0.5, 0.6) is 0 Å². The number of nitrogens with zero attached hydrogens (tertiary/aromatic N) is 2. The van der Waals surface area contributed by atoms with Gasteiger partial charge in [0.15, 0.2) is 0 Å². The van der Waals surface area contributed by atoms with Gasteiger partial charge in [0.25, 0.3) is 0 Å². The fourth-order valence-corrected chi connectivity index (χ4v) is 9.84. The first-order chi connectivity index (χ1) is 27.5. The minimum atomic E-state index is -0.445. The maximum Gasteiger partial charge on any atom is 0.132 e. The Hall–Kier alpha value is -7.66. The molecule has 10 aromatic rings. The van der Waals surface area contributed by atoms with Crippen LogP contribution in [0.4, 0.5) is 8.78 Å². The summed E-state index contributed by atoms with van der Waals surface area (Å²) in [6, 6.07) is 51.8. The average Bonchev–Trinajstić information content (AvgIpc) is 3.73. The molecule has 2 aliphatic rings. The molecule has 12 rings (SSSR count). The van der Waals surface area contributed by atoms with Crippen LogP contribution in [-0.4, -0.2) is 0 Å². The Bertz CT molecular complexity index is 3330. The van der Waals surface area contributed by atoms with E-state index in [1.165, 1.54) is 12.1 Å². The molecule has 0 bridgehead atoms. The standard InChI is InChI=1S/C52H24F2N2/c53-45-21-27(25-55)13-15-37(45)49-35-19-18-32-31(41(35)23-43-33-9-1-5-29-7-3-11-39(47(29)33)51(43)49)17-20-36-42(32)24-44-34-10-2-6-30-8-4-12-40(48(30)34)52(44)50(36)38-16-14-28(26-56)22-46(38)54/h1-24H. The Morgan fingerprint density at radius 2 is 0.714 bits per heavy atom. The van der Waals surface area contributed by atoms with Crippen molar-refractivity contribution < 1.29 is 8.78 Å². The van der Waals surface area contributed by atoms with E-state index < -0.39 is 11.6 Å². The van der Waals surface area contributed by atoms with Crippen molar-refractivity contribution in [2.75, 3.05) is 0 Å². The van der Waals surface area contributed by atoms with Crippen LogP contribution in [0.2, 0.25) is 0 Å². The highest BCUT2D eigenvalue weighted by molar-refractivity contribution is 6.30. The molecule has 256 valence electrons. The van der Waals surface area contributed by atoms with E-state index in [2.05, 4.69) is 121 Å². The van der Waals surface area contributed by atoms with Gasteiger partial charge in [0.2, 0.25) is 0 Å². The number of hydrogen-bond acceptors (Lipinski definition) is 2. The Kier molecular flexibility index (Phi) is 6.02. The van der Waals surface area contributed by atoms with Crippen molar-refractivity contribution in [3.8, 4) is 78.9 Å². The van der Waals surface area contributed by atoms with Crippen molar-refractivity contribution >= 4 is 53.9 Å². The van der Waals surface area contributed by atoms with Gasteiger partial charge in [0, 0.05) is 22.3 Å². The first-order valence-electron chi connectivity index (χ1n) is 18.5. The van der Waals surface area contributed by atoms with E-state index in [1.54, 1.807) is 24.3 Å². The van der Waals surface area contributed by atoms with Crippen molar-refractivity contribution in [3.63, 3.8) is 0 Å². The summed E-state index contributed by atoms with van der Waals surface area (Å²) in [5, 5.41) is 29.5. The molecule has 4 heteroatoms. The third kappa shape index (κ3) is 3.90. The molecule has 0 aliphatic heterocycles. The molecular formula is C52H24F2N2. The molecule has 0 saturated carbocycles. The Morgan fingerprint density at radius 1 is 0.321 bits per heavy atom. The zero-order chi connectivity index (χ0) is 37.4. The summed E-state index contributed by atoms with van der Waals surface area (Å²) in [5.74, 6) is -0.891. The normalized spacial score (nSPS) is 12.1. The minimum Gasteiger partial charge on any atom is -0.206 e. The number of fused-ring (bicyclic) bond motifs is 11. The maximum atomic E-state index is 16.3. The highest BCUT2D eigenvalue weighted by atomic mass is 19.1. The summed E-state index contributed by atoms with van der Waals surface area (Å²) < 4.78 is 32.6. The zero-order valence-electron chi connectivity index (χ0n) is 29.5. The van der Waals surface area contributed by atoms with E-state index in [0.717, 1.165) is 109 Å². The Labute approximate surface area is 319 Å². The van der Waals surface area contributed by atoms with Crippen LogP contribution in [-0.2, 0) is 0 Å². The van der Waals surface area contributed by atoms with Gasteiger partial charge in [-0.2, -0.15) is 10.5 Å². The molecule has 0 N–H and O–H groups in total. The van der Waals surface area contributed by atoms with Crippen LogP contribution >= 0.6 is 0 Å². The Morgan fingerprint density at radius 3 is 1.11 bits per heavy atom. The molecule has 0 heterocycles. The fourth-order valence-electron chi connectivity index (χ4n) is 9.84. The van der Waals surface area contributed by atoms with Gasteiger partial charge in [-0.05, 0) is 135 Å². The number of hydrogen-bond donors (Lipinski definition) is 0. The molecule has 10 aromatic carbocycles. The van der Waals surface area contributed by atoms with E-state index in [1.807, 2.05) is 0 Å². The lowest BCUT2D eigenvalue weighted by Crippen LogP contribution is -1.95. The van der Waals surface area contributed by atoms with E-state index in [4.69, 9.17) is 0 Å². The lowest BCUT2D eigenvalue weighted by atomic mass is 9.83. The second-order valence-corrected chi connectivity index (χ2v) is 14.8. The van der Waals surface area contributed by atoms with Crippen LogP contribution in [0.15, 0.2) is 146 Å². The number of halogens is 2. The maximum absolute atomic E-state index is 16.3. The molecule has 0 radical (unpaired) electrons. The Balaban J connectivity index is 1.24. The second kappa shape index (κ2) is 11.0. The van der Waals surface area contributed by atoms with E-state index in [9.17, 15) is 10.5 Å². The first-order valence-corrected chi connectivity index (χ1v) is 18.5. The van der Waals surface area contributed by atoms with E-state index >= 15 is 8.78 Å². The summed E-state index contributed by atoms with van der Waals surface area (Å²) in [5.41, 5.74) is 11.4. The molecule has 0 fully saturated rings. The largest absolute Gasteiger partial charge is 0.206 e. The predicted molar refractivity (Wildman–Crippen MR) is 223 cm³/mol. The lowest BCUT2D eigenvalue weighted by Gasteiger charge is -2.20. The van der Waals surface area contributed by atoms with Gasteiger partial charge in [-0.15, -0.1) is 0 Å². The summed E-state index contributed by atoms with van der Waals surface area (Å²) in [7, 11) is 0. The summed E-state index contributed by atoms with van der Waals surface area (Å²) >= 11 is 0. The van der Waals surface area contributed by atoms with E-state index in [-0.39, 0.29) is 11.1 Å². The van der Waals surface area contributed by atoms with Gasteiger partial charge in [-0.1, -0.05) is 109 Å². The molecule has 0 aromatic heterocycles. The highest BCUT2D eigenvalue weighted by Gasteiger charge is 2.30. The van der Waals surface area contributed by atoms with Crippen molar-refractivity contribution in [3.05, 3.63) is 168 Å². The monoisotopic (exact) mass is 714 g/mol. The summed E-state index contributed by atoms with van der Waals surface area (Å²) in [6.07, 6.45) is 0. The van der Waals surface area contributed by atoms with Crippen LogP contribution in [0, 0.1) is 34.3 Å². The molecule has 0 amide bonds. The van der Waals surface area contributed by atoms with E-state index in [0.29, 0.717) is 11.1 Å². The summed E-state index contributed by atoms with van der Waals surface area (Å²) in [6.45, 7) is 0. The molecule has 0 spiro atoms.